The smallest absolute Gasteiger partial charge is 0.338 e. The lowest BCUT2D eigenvalue weighted by Gasteiger charge is -2.08. The molecule has 0 aliphatic carbocycles. The molecule has 0 radical (unpaired) electrons. The average molecular weight is 318 g/mol. The monoisotopic (exact) mass is 318 g/mol. The van der Waals surface area contributed by atoms with Gasteiger partial charge in [0, 0.05) is 5.57 Å². The highest BCUT2D eigenvalue weighted by atomic mass is 16.5. The van der Waals surface area contributed by atoms with Gasteiger partial charge in [-0.3, -0.25) is 0 Å². The Bertz CT molecular complexity index is 462. The summed E-state index contributed by atoms with van der Waals surface area (Å²) in [5.41, 5.74) is 0.389. The Kier molecular flexibility index (Phi) is 9.85. The van der Waals surface area contributed by atoms with Gasteiger partial charge in [0.1, 0.15) is 11.5 Å². The molecule has 0 saturated carbocycles. The van der Waals surface area contributed by atoms with Gasteiger partial charge < -0.3 is 9.47 Å². The van der Waals surface area contributed by atoms with Crippen molar-refractivity contribution in [3.8, 4) is 11.5 Å². The van der Waals surface area contributed by atoms with Crippen molar-refractivity contribution in [3.05, 3.63) is 36.4 Å². The number of esters is 1. The highest BCUT2D eigenvalue weighted by molar-refractivity contribution is 5.88. The van der Waals surface area contributed by atoms with Crippen LogP contribution in [-0.2, 0) is 4.79 Å². The van der Waals surface area contributed by atoms with Crippen molar-refractivity contribution in [2.24, 2.45) is 0 Å². The fourth-order valence-corrected chi connectivity index (χ4v) is 2.22. The van der Waals surface area contributed by atoms with E-state index in [4.69, 9.17) is 9.47 Å². The maximum Gasteiger partial charge on any atom is 0.338 e. The van der Waals surface area contributed by atoms with Gasteiger partial charge in [0.05, 0.1) is 6.61 Å². The molecule has 0 amide bonds. The molecule has 0 spiro atoms. The van der Waals surface area contributed by atoms with Gasteiger partial charge in [-0.25, -0.2) is 4.79 Å². The number of hydrogen-bond acceptors (Lipinski definition) is 3. The Hall–Kier alpha value is -1.77. The first kappa shape index (κ1) is 19.3. The standard InChI is InChI=1S/C20H30O3/c1-4-5-6-7-8-9-10-11-16-22-18-12-14-19(15-13-18)23-20(21)17(2)3/h12-15H,2,4-11,16H2,1,3H3. The molecule has 0 aliphatic heterocycles. The highest BCUT2D eigenvalue weighted by Crippen LogP contribution is 2.19. The molecule has 0 fully saturated rings. The Labute approximate surface area is 140 Å². The zero-order valence-corrected chi connectivity index (χ0v) is 14.6. The summed E-state index contributed by atoms with van der Waals surface area (Å²) in [6.07, 6.45) is 10.3. The van der Waals surface area contributed by atoms with E-state index in [0.29, 0.717) is 11.3 Å². The first-order valence-electron chi connectivity index (χ1n) is 8.74. The molecule has 0 aliphatic rings. The minimum Gasteiger partial charge on any atom is -0.494 e. The van der Waals surface area contributed by atoms with Crippen molar-refractivity contribution < 1.29 is 14.3 Å². The summed E-state index contributed by atoms with van der Waals surface area (Å²) >= 11 is 0. The highest BCUT2D eigenvalue weighted by Gasteiger charge is 2.05. The molecule has 0 bridgehead atoms. The molecular weight excluding hydrogens is 288 g/mol. The molecule has 0 saturated heterocycles. The molecule has 3 nitrogen and oxygen atoms in total. The Morgan fingerprint density at radius 3 is 2.00 bits per heavy atom. The molecule has 1 aromatic rings. The van der Waals surface area contributed by atoms with Gasteiger partial charge in [-0.2, -0.15) is 0 Å². The number of carbonyl (C=O) groups is 1. The molecule has 1 rings (SSSR count). The molecule has 3 heteroatoms. The third-order valence-corrected chi connectivity index (χ3v) is 3.65. The SMILES string of the molecule is C=C(C)C(=O)Oc1ccc(OCCCCCCCCCC)cc1. The van der Waals surface area contributed by atoms with E-state index >= 15 is 0 Å². The topological polar surface area (TPSA) is 35.5 Å². The van der Waals surface area contributed by atoms with E-state index in [1.807, 2.05) is 12.1 Å². The van der Waals surface area contributed by atoms with E-state index in [-0.39, 0.29) is 0 Å². The lowest BCUT2D eigenvalue weighted by atomic mass is 10.1. The molecule has 0 unspecified atom stereocenters. The molecule has 23 heavy (non-hydrogen) atoms. The number of rotatable bonds is 12. The molecule has 0 aromatic heterocycles. The number of ether oxygens (including phenoxy) is 2. The Balaban J connectivity index is 2.11. The maximum atomic E-state index is 11.4. The molecule has 0 heterocycles. The van der Waals surface area contributed by atoms with Crippen LogP contribution in [0, 0.1) is 0 Å². The van der Waals surface area contributed by atoms with Crippen molar-refractivity contribution in [2.45, 2.75) is 65.2 Å². The summed E-state index contributed by atoms with van der Waals surface area (Å²) in [4.78, 5) is 11.4. The van der Waals surface area contributed by atoms with Crippen LogP contribution in [0.25, 0.3) is 0 Å². The fourth-order valence-electron chi connectivity index (χ4n) is 2.22. The Morgan fingerprint density at radius 2 is 1.43 bits per heavy atom. The second-order valence-electron chi connectivity index (χ2n) is 5.96. The van der Waals surface area contributed by atoms with Gasteiger partial charge in [-0.05, 0) is 37.6 Å². The van der Waals surface area contributed by atoms with Gasteiger partial charge in [-0.1, -0.05) is 58.4 Å². The van der Waals surface area contributed by atoms with Crippen LogP contribution in [0.1, 0.15) is 65.2 Å². The molecule has 1 aromatic carbocycles. The number of benzene rings is 1. The van der Waals surface area contributed by atoms with Gasteiger partial charge in [-0.15, -0.1) is 0 Å². The van der Waals surface area contributed by atoms with Crippen molar-refractivity contribution in [1.29, 1.82) is 0 Å². The van der Waals surface area contributed by atoms with Crippen molar-refractivity contribution >= 4 is 5.97 Å². The zero-order chi connectivity index (χ0) is 16.9. The Morgan fingerprint density at radius 1 is 0.913 bits per heavy atom. The lowest BCUT2D eigenvalue weighted by Crippen LogP contribution is -2.08. The lowest BCUT2D eigenvalue weighted by molar-refractivity contribution is -0.130. The summed E-state index contributed by atoms with van der Waals surface area (Å²) in [5, 5.41) is 0. The predicted molar refractivity (Wildman–Crippen MR) is 95.0 cm³/mol. The summed E-state index contributed by atoms with van der Waals surface area (Å²) in [6, 6.07) is 7.13. The maximum absolute atomic E-state index is 11.4. The van der Waals surface area contributed by atoms with Crippen molar-refractivity contribution in [2.75, 3.05) is 6.61 Å². The number of unbranched alkanes of at least 4 members (excludes halogenated alkanes) is 7. The van der Waals surface area contributed by atoms with E-state index in [1.54, 1.807) is 19.1 Å². The molecule has 0 atom stereocenters. The van der Waals surface area contributed by atoms with E-state index in [1.165, 1.54) is 44.9 Å². The summed E-state index contributed by atoms with van der Waals surface area (Å²) < 4.78 is 10.8. The van der Waals surface area contributed by atoms with Crippen LogP contribution >= 0.6 is 0 Å². The number of carbonyl (C=O) groups excluding carboxylic acids is 1. The minimum atomic E-state index is -0.405. The third-order valence-electron chi connectivity index (χ3n) is 3.65. The first-order valence-corrected chi connectivity index (χ1v) is 8.74. The van der Waals surface area contributed by atoms with Crippen LogP contribution in [-0.4, -0.2) is 12.6 Å². The second kappa shape index (κ2) is 11.8. The van der Waals surface area contributed by atoms with Gasteiger partial charge in [0.25, 0.3) is 0 Å². The van der Waals surface area contributed by atoms with E-state index in [9.17, 15) is 4.79 Å². The van der Waals surface area contributed by atoms with Crippen LogP contribution in [0.3, 0.4) is 0 Å². The third kappa shape index (κ3) is 9.07. The molecular formula is C20H30O3. The van der Waals surface area contributed by atoms with Gasteiger partial charge >= 0.3 is 5.97 Å². The van der Waals surface area contributed by atoms with Crippen LogP contribution in [0.5, 0.6) is 11.5 Å². The van der Waals surface area contributed by atoms with Crippen molar-refractivity contribution in [3.63, 3.8) is 0 Å². The molecule has 0 N–H and O–H groups in total. The van der Waals surface area contributed by atoms with Gasteiger partial charge in [0.2, 0.25) is 0 Å². The van der Waals surface area contributed by atoms with Gasteiger partial charge in [0.15, 0.2) is 0 Å². The summed E-state index contributed by atoms with van der Waals surface area (Å²) in [7, 11) is 0. The summed E-state index contributed by atoms with van der Waals surface area (Å²) in [6.45, 7) is 8.16. The van der Waals surface area contributed by atoms with Crippen LogP contribution in [0.4, 0.5) is 0 Å². The first-order chi connectivity index (χ1) is 11.1. The second-order valence-corrected chi connectivity index (χ2v) is 5.96. The minimum absolute atomic E-state index is 0.389. The fraction of sp³-hybridized carbons (Fsp3) is 0.550. The number of hydrogen-bond donors (Lipinski definition) is 0. The van der Waals surface area contributed by atoms with E-state index in [0.717, 1.165) is 18.8 Å². The summed E-state index contributed by atoms with van der Waals surface area (Å²) in [5.74, 6) is 0.915. The van der Waals surface area contributed by atoms with E-state index < -0.39 is 5.97 Å². The largest absolute Gasteiger partial charge is 0.494 e. The quantitative estimate of drug-likeness (QED) is 0.215. The zero-order valence-electron chi connectivity index (χ0n) is 14.6. The van der Waals surface area contributed by atoms with Crippen LogP contribution in [0.2, 0.25) is 0 Å². The van der Waals surface area contributed by atoms with Crippen molar-refractivity contribution in [1.82, 2.24) is 0 Å². The van der Waals surface area contributed by atoms with Crippen LogP contribution < -0.4 is 9.47 Å². The normalized spacial score (nSPS) is 10.3. The predicted octanol–water partition coefficient (Wildman–Crippen LogP) is 5.69. The van der Waals surface area contributed by atoms with E-state index in [2.05, 4.69) is 13.5 Å². The van der Waals surface area contributed by atoms with Crippen LogP contribution in [0.15, 0.2) is 36.4 Å². The molecule has 128 valence electrons. The average Bonchev–Trinajstić information content (AvgIpc) is 2.54.